The van der Waals surface area contributed by atoms with Crippen molar-refractivity contribution in [1.29, 1.82) is 0 Å². The second-order valence-electron chi connectivity index (χ2n) is 6.10. The fourth-order valence-corrected chi connectivity index (χ4v) is 2.95. The normalized spacial score (nSPS) is 10.8. The summed E-state index contributed by atoms with van der Waals surface area (Å²) in [6.45, 7) is 7.27. The van der Waals surface area contributed by atoms with Crippen LogP contribution < -0.4 is 10.1 Å². The number of imidazole rings is 1. The summed E-state index contributed by atoms with van der Waals surface area (Å²) >= 11 is 0. The fraction of sp³-hybridized carbons (Fsp3) is 0.300. The molecule has 0 atom stereocenters. The van der Waals surface area contributed by atoms with Gasteiger partial charge in [0.1, 0.15) is 11.6 Å². The van der Waals surface area contributed by atoms with E-state index in [4.69, 9.17) is 4.74 Å². The first-order valence-corrected chi connectivity index (χ1v) is 8.49. The number of aryl methyl sites for hydroxylation is 3. The number of carbonyl (C=O) groups excluding carboxylic acids is 1. The third-order valence-corrected chi connectivity index (χ3v) is 4.18. The summed E-state index contributed by atoms with van der Waals surface area (Å²) < 4.78 is 7.73. The van der Waals surface area contributed by atoms with Gasteiger partial charge in [-0.1, -0.05) is 29.8 Å². The lowest BCUT2D eigenvalue weighted by Crippen LogP contribution is -2.29. The molecule has 5 nitrogen and oxygen atoms in total. The van der Waals surface area contributed by atoms with Crippen LogP contribution in [0.1, 0.15) is 23.9 Å². The van der Waals surface area contributed by atoms with Crippen molar-refractivity contribution in [2.75, 3.05) is 6.61 Å². The molecule has 1 N–H and O–H groups in total. The van der Waals surface area contributed by atoms with Crippen LogP contribution in [0, 0.1) is 13.8 Å². The third-order valence-electron chi connectivity index (χ3n) is 4.18. The van der Waals surface area contributed by atoms with E-state index in [2.05, 4.69) is 21.8 Å². The molecule has 2 aromatic carbocycles. The van der Waals surface area contributed by atoms with Crippen LogP contribution in [0.5, 0.6) is 5.75 Å². The van der Waals surface area contributed by atoms with E-state index in [1.165, 1.54) is 5.56 Å². The van der Waals surface area contributed by atoms with Crippen LogP contribution >= 0.6 is 0 Å². The lowest BCUT2D eigenvalue weighted by molar-refractivity contribution is -0.123. The Bertz CT molecular complexity index is 899. The molecule has 5 heteroatoms. The van der Waals surface area contributed by atoms with Crippen molar-refractivity contribution in [1.82, 2.24) is 14.9 Å². The molecule has 0 fully saturated rings. The molecule has 130 valence electrons. The molecule has 0 radical (unpaired) electrons. The summed E-state index contributed by atoms with van der Waals surface area (Å²) in [4.78, 5) is 16.7. The number of carbonyl (C=O) groups is 1. The number of rotatable bonds is 6. The zero-order chi connectivity index (χ0) is 17.8. The minimum atomic E-state index is -0.158. The van der Waals surface area contributed by atoms with Crippen molar-refractivity contribution in [2.24, 2.45) is 0 Å². The maximum atomic E-state index is 12.1. The number of fused-ring (bicyclic) bond motifs is 1. The fourth-order valence-electron chi connectivity index (χ4n) is 2.95. The summed E-state index contributed by atoms with van der Waals surface area (Å²) in [7, 11) is 0. The van der Waals surface area contributed by atoms with Crippen molar-refractivity contribution in [3.05, 3.63) is 59.4 Å². The van der Waals surface area contributed by atoms with Crippen molar-refractivity contribution in [3.63, 3.8) is 0 Å². The summed E-state index contributed by atoms with van der Waals surface area (Å²) in [6.07, 6.45) is 0. The van der Waals surface area contributed by atoms with E-state index < -0.39 is 0 Å². The van der Waals surface area contributed by atoms with Crippen LogP contribution in [0.15, 0.2) is 42.5 Å². The highest BCUT2D eigenvalue weighted by Crippen LogP contribution is 2.18. The third kappa shape index (κ3) is 3.82. The van der Waals surface area contributed by atoms with Gasteiger partial charge in [0.15, 0.2) is 6.61 Å². The molecule has 25 heavy (non-hydrogen) atoms. The van der Waals surface area contributed by atoms with Crippen LogP contribution in [-0.4, -0.2) is 22.1 Å². The van der Waals surface area contributed by atoms with Gasteiger partial charge in [-0.2, -0.15) is 0 Å². The summed E-state index contributed by atoms with van der Waals surface area (Å²) in [6, 6.07) is 13.9. The number of aromatic nitrogens is 2. The van der Waals surface area contributed by atoms with E-state index in [0.29, 0.717) is 6.54 Å². The number of amides is 1. The number of ether oxygens (including phenoxy) is 1. The lowest BCUT2D eigenvalue weighted by Gasteiger charge is -2.11. The van der Waals surface area contributed by atoms with E-state index in [1.807, 2.05) is 56.3 Å². The molecular formula is C20H23N3O2. The molecule has 1 aromatic heterocycles. The van der Waals surface area contributed by atoms with Gasteiger partial charge < -0.3 is 14.6 Å². The van der Waals surface area contributed by atoms with Crippen molar-refractivity contribution >= 4 is 16.9 Å². The maximum Gasteiger partial charge on any atom is 0.258 e. The molecule has 0 aliphatic carbocycles. The van der Waals surface area contributed by atoms with Gasteiger partial charge in [-0.3, -0.25) is 4.79 Å². The van der Waals surface area contributed by atoms with Gasteiger partial charge >= 0.3 is 0 Å². The van der Waals surface area contributed by atoms with Gasteiger partial charge in [-0.25, -0.2) is 4.98 Å². The van der Waals surface area contributed by atoms with Crippen LogP contribution in [0.3, 0.4) is 0 Å². The first-order chi connectivity index (χ1) is 12.1. The molecule has 0 saturated carbocycles. The molecule has 0 saturated heterocycles. The quantitative estimate of drug-likeness (QED) is 0.750. The highest BCUT2D eigenvalue weighted by molar-refractivity contribution is 5.78. The predicted molar refractivity (Wildman–Crippen MR) is 98.7 cm³/mol. The largest absolute Gasteiger partial charge is 0.484 e. The Morgan fingerprint density at radius 2 is 2.00 bits per heavy atom. The first kappa shape index (κ1) is 17.0. The molecule has 3 rings (SSSR count). The Labute approximate surface area is 147 Å². The molecule has 0 spiro atoms. The smallest absolute Gasteiger partial charge is 0.258 e. The Hall–Kier alpha value is -2.82. The monoisotopic (exact) mass is 337 g/mol. The molecule has 0 aliphatic rings. The number of hydrogen-bond acceptors (Lipinski definition) is 3. The van der Waals surface area contributed by atoms with Gasteiger partial charge in [0, 0.05) is 6.54 Å². The zero-order valence-corrected chi connectivity index (χ0v) is 14.9. The molecule has 1 heterocycles. The number of hydrogen-bond donors (Lipinski definition) is 1. The number of para-hydroxylation sites is 2. The van der Waals surface area contributed by atoms with Gasteiger partial charge in [0.05, 0.1) is 17.6 Å². The SMILES string of the molecule is CCn1c(CNC(=O)COc2ccc(C)cc2C)nc2ccccc21. The second kappa shape index (κ2) is 7.38. The van der Waals surface area contributed by atoms with Crippen molar-refractivity contribution in [2.45, 2.75) is 33.9 Å². The highest BCUT2D eigenvalue weighted by atomic mass is 16.5. The van der Waals surface area contributed by atoms with E-state index in [1.54, 1.807) is 0 Å². The van der Waals surface area contributed by atoms with E-state index in [-0.39, 0.29) is 12.5 Å². The van der Waals surface area contributed by atoms with Gasteiger partial charge in [-0.15, -0.1) is 0 Å². The Balaban J connectivity index is 1.61. The Kier molecular flexibility index (Phi) is 5.03. The summed E-state index contributed by atoms with van der Waals surface area (Å²) in [5.41, 5.74) is 4.23. The molecule has 0 bridgehead atoms. The van der Waals surface area contributed by atoms with Crippen LogP contribution in [0.2, 0.25) is 0 Å². The Morgan fingerprint density at radius 3 is 2.76 bits per heavy atom. The highest BCUT2D eigenvalue weighted by Gasteiger charge is 2.11. The van der Waals surface area contributed by atoms with Crippen LogP contribution in [0.4, 0.5) is 0 Å². The number of nitrogens with zero attached hydrogens (tertiary/aromatic N) is 2. The Morgan fingerprint density at radius 1 is 1.20 bits per heavy atom. The van der Waals surface area contributed by atoms with Crippen molar-refractivity contribution < 1.29 is 9.53 Å². The van der Waals surface area contributed by atoms with Crippen molar-refractivity contribution in [3.8, 4) is 5.75 Å². The molecule has 1 amide bonds. The zero-order valence-electron chi connectivity index (χ0n) is 14.9. The molecule has 0 unspecified atom stereocenters. The van der Waals surface area contributed by atoms with E-state index in [0.717, 1.165) is 34.7 Å². The topological polar surface area (TPSA) is 56.2 Å². The standard InChI is InChI=1S/C20H23N3O2/c1-4-23-17-8-6-5-7-16(17)22-19(23)12-21-20(24)13-25-18-10-9-14(2)11-15(18)3/h5-11H,4,12-13H2,1-3H3,(H,21,24). The molecular weight excluding hydrogens is 314 g/mol. The number of benzene rings is 2. The maximum absolute atomic E-state index is 12.1. The number of nitrogens with one attached hydrogen (secondary N) is 1. The molecule has 3 aromatic rings. The minimum Gasteiger partial charge on any atom is -0.484 e. The first-order valence-electron chi connectivity index (χ1n) is 8.49. The second-order valence-corrected chi connectivity index (χ2v) is 6.10. The lowest BCUT2D eigenvalue weighted by atomic mass is 10.1. The predicted octanol–water partition coefficient (Wildman–Crippen LogP) is 3.37. The van der Waals surface area contributed by atoms with Gasteiger partial charge in [0.25, 0.3) is 5.91 Å². The van der Waals surface area contributed by atoms with Crippen LogP contribution in [0.25, 0.3) is 11.0 Å². The van der Waals surface area contributed by atoms with E-state index in [9.17, 15) is 4.79 Å². The van der Waals surface area contributed by atoms with Crippen LogP contribution in [-0.2, 0) is 17.9 Å². The summed E-state index contributed by atoms with van der Waals surface area (Å²) in [5.74, 6) is 1.43. The summed E-state index contributed by atoms with van der Waals surface area (Å²) in [5, 5.41) is 2.89. The minimum absolute atomic E-state index is 0.00372. The van der Waals surface area contributed by atoms with Gasteiger partial charge in [0.2, 0.25) is 0 Å². The molecule has 0 aliphatic heterocycles. The van der Waals surface area contributed by atoms with Gasteiger partial charge in [-0.05, 0) is 44.5 Å². The average molecular weight is 337 g/mol. The van der Waals surface area contributed by atoms with E-state index >= 15 is 0 Å². The average Bonchev–Trinajstić information content (AvgIpc) is 2.96.